The van der Waals surface area contributed by atoms with Crippen molar-refractivity contribution in [2.75, 3.05) is 13.2 Å². The highest BCUT2D eigenvalue weighted by molar-refractivity contribution is 9.11. The van der Waals surface area contributed by atoms with Gasteiger partial charge in [0.15, 0.2) is 0 Å². The monoisotopic (exact) mass is 403 g/mol. The minimum atomic E-state index is 0.219. The molecule has 20 heavy (non-hydrogen) atoms. The Morgan fingerprint density at radius 3 is 2.70 bits per heavy atom. The number of benzene rings is 1. The average Bonchev–Trinajstić information content (AvgIpc) is 3.14. The van der Waals surface area contributed by atoms with Crippen LogP contribution in [0.3, 0.4) is 0 Å². The van der Waals surface area contributed by atoms with E-state index in [9.17, 15) is 0 Å². The summed E-state index contributed by atoms with van der Waals surface area (Å²) in [7, 11) is 0. The summed E-state index contributed by atoms with van der Waals surface area (Å²) >= 11 is 6.95. The Kier molecular flexibility index (Phi) is 5.02. The van der Waals surface area contributed by atoms with E-state index in [0.29, 0.717) is 12.7 Å². The van der Waals surface area contributed by atoms with E-state index in [1.807, 2.05) is 18.2 Å². The van der Waals surface area contributed by atoms with E-state index < -0.39 is 0 Å². The summed E-state index contributed by atoms with van der Waals surface area (Å²) in [6, 6.07) is 6.70. The zero-order chi connectivity index (χ0) is 13.9. The van der Waals surface area contributed by atoms with Crippen molar-refractivity contribution in [1.29, 1.82) is 0 Å². The van der Waals surface area contributed by atoms with E-state index in [4.69, 9.17) is 9.47 Å². The molecule has 1 aromatic carbocycles. The predicted molar refractivity (Wildman–Crippen MR) is 86.3 cm³/mol. The molecule has 0 spiro atoms. The van der Waals surface area contributed by atoms with Gasteiger partial charge >= 0.3 is 0 Å². The maximum absolute atomic E-state index is 6.01. The van der Waals surface area contributed by atoms with Crippen molar-refractivity contribution < 1.29 is 9.47 Å². The Morgan fingerprint density at radius 2 is 1.95 bits per heavy atom. The lowest BCUT2D eigenvalue weighted by atomic mass is 10.2. The van der Waals surface area contributed by atoms with Gasteiger partial charge in [-0.25, -0.2) is 0 Å². The van der Waals surface area contributed by atoms with Gasteiger partial charge in [-0.05, 0) is 59.8 Å². The zero-order valence-corrected chi connectivity index (χ0v) is 14.5. The molecule has 2 atom stereocenters. The summed E-state index contributed by atoms with van der Waals surface area (Å²) in [5.41, 5.74) is 0. The molecule has 5 heteroatoms. The second-order valence-electron chi connectivity index (χ2n) is 5.53. The van der Waals surface area contributed by atoms with Crippen molar-refractivity contribution in [2.45, 2.75) is 43.9 Å². The van der Waals surface area contributed by atoms with Gasteiger partial charge in [0.05, 0.1) is 16.7 Å². The average molecular weight is 405 g/mol. The summed E-state index contributed by atoms with van der Waals surface area (Å²) < 4.78 is 13.9. The lowest BCUT2D eigenvalue weighted by molar-refractivity contribution is 0.0183. The van der Waals surface area contributed by atoms with Crippen molar-refractivity contribution in [2.24, 2.45) is 0 Å². The standard InChI is InChI=1S/C15H19Br2NO2/c16-10-1-6-15(14(17)7-10)19-9-13-5-4-12(20-13)8-18-11-2-3-11/h1,6-7,11-13,18H,2-5,8-9H2. The van der Waals surface area contributed by atoms with E-state index in [1.165, 1.54) is 12.8 Å². The molecule has 1 heterocycles. The first-order valence-corrected chi connectivity index (χ1v) is 8.76. The number of hydrogen-bond acceptors (Lipinski definition) is 3. The SMILES string of the molecule is Brc1ccc(OCC2CCC(CNC3CC3)O2)c(Br)c1. The van der Waals surface area contributed by atoms with Gasteiger partial charge in [0.1, 0.15) is 12.4 Å². The van der Waals surface area contributed by atoms with Crippen LogP contribution in [0, 0.1) is 0 Å². The minimum absolute atomic E-state index is 0.219. The van der Waals surface area contributed by atoms with Crippen LogP contribution in [0.15, 0.2) is 27.1 Å². The van der Waals surface area contributed by atoms with Crippen LogP contribution in [-0.2, 0) is 4.74 Å². The van der Waals surface area contributed by atoms with Crippen molar-refractivity contribution in [3.63, 3.8) is 0 Å². The number of rotatable bonds is 6. The van der Waals surface area contributed by atoms with Crippen molar-refractivity contribution in [3.8, 4) is 5.75 Å². The maximum atomic E-state index is 6.01. The molecule has 0 bridgehead atoms. The maximum Gasteiger partial charge on any atom is 0.133 e. The molecule has 0 amide bonds. The Hall–Kier alpha value is -0.100. The van der Waals surface area contributed by atoms with Crippen LogP contribution in [0.4, 0.5) is 0 Å². The van der Waals surface area contributed by atoms with E-state index in [2.05, 4.69) is 37.2 Å². The molecule has 2 unspecified atom stereocenters. The summed E-state index contributed by atoms with van der Waals surface area (Å²) in [6.45, 7) is 1.61. The third kappa shape index (κ3) is 4.20. The summed E-state index contributed by atoms with van der Waals surface area (Å²) in [6.07, 6.45) is 5.46. The van der Waals surface area contributed by atoms with Gasteiger partial charge in [-0.1, -0.05) is 15.9 Å². The van der Waals surface area contributed by atoms with Gasteiger partial charge in [0.2, 0.25) is 0 Å². The lowest BCUT2D eigenvalue weighted by Gasteiger charge is -2.15. The Balaban J connectivity index is 1.42. The first-order valence-electron chi connectivity index (χ1n) is 7.17. The minimum Gasteiger partial charge on any atom is -0.490 e. The fraction of sp³-hybridized carbons (Fsp3) is 0.600. The van der Waals surface area contributed by atoms with Gasteiger partial charge < -0.3 is 14.8 Å². The van der Waals surface area contributed by atoms with E-state index in [0.717, 1.165) is 40.1 Å². The smallest absolute Gasteiger partial charge is 0.133 e. The van der Waals surface area contributed by atoms with Crippen LogP contribution in [-0.4, -0.2) is 31.4 Å². The third-order valence-electron chi connectivity index (χ3n) is 3.73. The molecule has 1 N–H and O–H groups in total. The quantitative estimate of drug-likeness (QED) is 0.780. The normalized spacial score (nSPS) is 25.9. The molecule has 3 rings (SSSR count). The molecule has 3 nitrogen and oxygen atoms in total. The van der Waals surface area contributed by atoms with Gasteiger partial charge in [-0.2, -0.15) is 0 Å². The molecule has 2 fully saturated rings. The lowest BCUT2D eigenvalue weighted by Crippen LogP contribution is -2.29. The molecule has 1 aliphatic heterocycles. The number of halogens is 2. The van der Waals surface area contributed by atoms with Crippen LogP contribution < -0.4 is 10.1 Å². The predicted octanol–water partition coefficient (Wildman–Crippen LogP) is 3.89. The molecule has 1 saturated carbocycles. The van der Waals surface area contributed by atoms with Gasteiger partial charge in [0.25, 0.3) is 0 Å². The van der Waals surface area contributed by atoms with Crippen molar-refractivity contribution >= 4 is 31.9 Å². The number of ether oxygens (including phenoxy) is 2. The zero-order valence-electron chi connectivity index (χ0n) is 11.3. The highest BCUT2D eigenvalue weighted by Gasteiger charge is 2.28. The first-order chi connectivity index (χ1) is 9.70. The topological polar surface area (TPSA) is 30.5 Å². The fourth-order valence-electron chi connectivity index (χ4n) is 2.41. The Morgan fingerprint density at radius 1 is 1.15 bits per heavy atom. The van der Waals surface area contributed by atoms with Gasteiger partial charge in [-0.15, -0.1) is 0 Å². The molecular weight excluding hydrogens is 386 g/mol. The van der Waals surface area contributed by atoms with Crippen LogP contribution in [0.1, 0.15) is 25.7 Å². The number of nitrogens with one attached hydrogen (secondary N) is 1. The van der Waals surface area contributed by atoms with Crippen LogP contribution >= 0.6 is 31.9 Å². The first kappa shape index (κ1) is 14.8. The number of hydrogen-bond donors (Lipinski definition) is 1. The van der Waals surface area contributed by atoms with Crippen LogP contribution in [0.25, 0.3) is 0 Å². The molecule has 1 aliphatic carbocycles. The van der Waals surface area contributed by atoms with Crippen molar-refractivity contribution in [3.05, 3.63) is 27.1 Å². The summed E-state index contributed by atoms with van der Waals surface area (Å²) in [5.74, 6) is 0.872. The molecule has 0 radical (unpaired) electrons. The molecule has 1 saturated heterocycles. The van der Waals surface area contributed by atoms with E-state index in [-0.39, 0.29) is 6.10 Å². The molecule has 1 aromatic rings. The van der Waals surface area contributed by atoms with Gasteiger partial charge in [-0.3, -0.25) is 0 Å². The van der Waals surface area contributed by atoms with E-state index >= 15 is 0 Å². The third-order valence-corrected chi connectivity index (χ3v) is 4.84. The molecule has 110 valence electrons. The van der Waals surface area contributed by atoms with Crippen LogP contribution in [0.5, 0.6) is 5.75 Å². The fourth-order valence-corrected chi connectivity index (χ4v) is 3.57. The highest BCUT2D eigenvalue weighted by atomic mass is 79.9. The molecule has 2 aliphatic rings. The second-order valence-corrected chi connectivity index (χ2v) is 7.30. The highest BCUT2D eigenvalue weighted by Crippen LogP contribution is 2.29. The largest absolute Gasteiger partial charge is 0.490 e. The summed E-state index contributed by atoms with van der Waals surface area (Å²) in [4.78, 5) is 0. The van der Waals surface area contributed by atoms with Gasteiger partial charge in [0, 0.05) is 17.1 Å². The Bertz CT molecular complexity index is 465. The molecular formula is C15H19Br2NO2. The van der Waals surface area contributed by atoms with E-state index in [1.54, 1.807) is 0 Å². The molecule has 0 aromatic heterocycles. The van der Waals surface area contributed by atoms with Crippen LogP contribution in [0.2, 0.25) is 0 Å². The second kappa shape index (κ2) is 6.77. The Labute approximate surface area is 136 Å². The summed E-state index contributed by atoms with van der Waals surface area (Å²) in [5, 5.41) is 3.53. The van der Waals surface area contributed by atoms with Crippen molar-refractivity contribution in [1.82, 2.24) is 5.32 Å².